The smallest absolute Gasteiger partial charge is 0.329 e. The number of carbonyl (C=O) groups is 1. The lowest BCUT2D eigenvalue weighted by atomic mass is 9.90. The first-order valence-corrected chi connectivity index (χ1v) is 5.85. The molecule has 1 heterocycles. The number of aliphatic carboxylic acids is 1. The fourth-order valence-corrected chi connectivity index (χ4v) is 2.24. The fourth-order valence-electron chi connectivity index (χ4n) is 2.24. The molecule has 100 valence electrons. The van der Waals surface area contributed by atoms with Gasteiger partial charge in [0.1, 0.15) is 5.54 Å². The molecule has 0 saturated heterocycles. The summed E-state index contributed by atoms with van der Waals surface area (Å²) in [6.07, 6.45) is 1.83. The molecule has 0 bridgehead atoms. The molecule has 1 rings (SSSR count). The van der Waals surface area contributed by atoms with Crippen LogP contribution < -0.4 is 5.43 Å². The minimum absolute atomic E-state index is 0.173. The molecule has 1 unspecified atom stereocenters. The van der Waals surface area contributed by atoms with Crippen molar-refractivity contribution in [3.63, 3.8) is 0 Å². The van der Waals surface area contributed by atoms with E-state index >= 15 is 0 Å². The van der Waals surface area contributed by atoms with E-state index < -0.39 is 22.7 Å². The van der Waals surface area contributed by atoms with Crippen molar-refractivity contribution in [2.75, 3.05) is 0 Å². The van der Waals surface area contributed by atoms with E-state index in [-0.39, 0.29) is 11.6 Å². The van der Waals surface area contributed by atoms with Gasteiger partial charge in [-0.1, -0.05) is 13.8 Å². The third-order valence-corrected chi connectivity index (χ3v) is 3.11. The van der Waals surface area contributed by atoms with Crippen LogP contribution in [0.5, 0.6) is 5.75 Å². The molecule has 0 aliphatic carbocycles. The molecule has 1 aromatic heterocycles. The monoisotopic (exact) mass is 253 g/mol. The van der Waals surface area contributed by atoms with Crippen molar-refractivity contribution in [1.29, 1.82) is 0 Å². The van der Waals surface area contributed by atoms with Gasteiger partial charge in [0.15, 0.2) is 5.75 Å². The van der Waals surface area contributed by atoms with E-state index in [1.54, 1.807) is 6.92 Å². The molecule has 18 heavy (non-hydrogen) atoms. The van der Waals surface area contributed by atoms with Gasteiger partial charge in [0.05, 0.1) is 5.69 Å². The number of aromatic nitrogens is 1. The van der Waals surface area contributed by atoms with Crippen LogP contribution >= 0.6 is 0 Å². The molecule has 5 heteroatoms. The summed E-state index contributed by atoms with van der Waals surface area (Å²) >= 11 is 0. The molecule has 1 aromatic rings. The predicted molar refractivity (Wildman–Crippen MR) is 67.8 cm³/mol. The normalized spacial score (nSPS) is 14.5. The molecule has 0 aromatic carbocycles. The minimum atomic E-state index is -1.18. The van der Waals surface area contributed by atoms with Crippen LogP contribution in [0.2, 0.25) is 0 Å². The lowest BCUT2D eigenvalue weighted by Gasteiger charge is -2.31. The fraction of sp³-hybridized carbons (Fsp3) is 0.538. The van der Waals surface area contributed by atoms with Crippen LogP contribution in [0.25, 0.3) is 0 Å². The molecule has 1 atom stereocenters. The summed E-state index contributed by atoms with van der Waals surface area (Å²) in [4.78, 5) is 22.8. The molecule has 2 N–H and O–H groups in total. The number of rotatable bonds is 4. The Labute approximate surface area is 106 Å². The summed E-state index contributed by atoms with van der Waals surface area (Å²) in [5, 5.41) is 19.1. The maximum absolute atomic E-state index is 11.5. The van der Waals surface area contributed by atoms with Crippen molar-refractivity contribution in [3.05, 3.63) is 28.2 Å². The Hall–Kier alpha value is -1.78. The highest BCUT2D eigenvalue weighted by atomic mass is 16.4. The van der Waals surface area contributed by atoms with Crippen LogP contribution in [-0.2, 0) is 10.3 Å². The summed E-state index contributed by atoms with van der Waals surface area (Å²) in [5.41, 5.74) is -1.40. The Balaban J connectivity index is 3.45. The van der Waals surface area contributed by atoms with Crippen LogP contribution in [0.4, 0.5) is 0 Å². The van der Waals surface area contributed by atoms with Crippen molar-refractivity contribution in [2.45, 2.75) is 39.7 Å². The molecule has 0 aliphatic rings. The van der Waals surface area contributed by atoms with E-state index in [1.165, 1.54) is 23.8 Å². The van der Waals surface area contributed by atoms with Crippen molar-refractivity contribution >= 4 is 5.97 Å². The molecule has 0 amide bonds. The summed E-state index contributed by atoms with van der Waals surface area (Å²) in [7, 11) is 0. The number of aromatic hydroxyl groups is 1. The Kier molecular flexibility index (Phi) is 3.84. The molecule has 0 fully saturated rings. The van der Waals surface area contributed by atoms with Crippen molar-refractivity contribution < 1.29 is 15.0 Å². The Morgan fingerprint density at radius 2 is 2.06 bits per heavy atom. The third kappa shape index (κ3) is 2.39. The van der Waals surface area contributed by atoms with E-state index in [4.69, 9.17) is 0 Å². The van der Waals surface area contributed by atoms with E-state index in [0.29, 0.717) is 6.42 Å². The quantitative estimate of drug-likeness (QED) is 0.856. The van der Waals surface area contributed by atoms with E-state index in [0.717, 1.165) is 0 Å². The number of carboxylic acids is 1. The standard InChI is InChI=1S/C13H19NO4/c1-8(2)7-13(4,12(17)18)14-6-5-10(15)11(16)9(14)3/h5-6,8,16H,7H2,1-4H3,(H,17,18). The summed E-state index contributed by atoms with van der Waals surface area (Å²) in [5.74, 6) is -1.21. The number of pyridine rings is 1. The van der Waals surface area contributed by atoms with Crippen LogP contribution in [-0.4, -0.2) is 20.7 Å². The molecule has 0 saturated carbocycles. The maximum atomic E-state index is 11.5. The van der Waals surface area contributed by atoms with Gasteiger partial charge in [-0.2, -0.15) is 0 Å². The molecule has 0 aliphatic heterocycles. The first-order valence-electron chi connectivity index (χ1n) is 5.85. The molecular formula is C13H19NO4. The number of carboxylic acid groups (broad SMARTS) is 1. The molecule has 0 spiro atoms. The Morgan fingerprint density at radius 1 is 1.50 bits per heavy atom. The van der Waals surface area contributed by atoms with Gasteiger partial charge in [-0.3, -0.25) is 4.79 Å². The van der Waals surface area contributed by atoms with Gasteiger partial charge in [-0.05, 0) is 26.2 Å². The van der Waals surface area contributed by atoms with Crippen LogP contribution in [0.15, 0.2) is 17.1 Å². The second kappa shape index (κ2) is 4.84. The number of nitrogens with zero attached hydrogens (tertiary/aromatic N) is 1. The predicted octanol–water partition coefficient (Wildman–Crippen LogP) is 1.71. The Morgan fingerprint density at radius 3 is 2.50 bits per heavy atom. The van der Waals surface area contributed by atoms with E-state index in [1.807, 2.05) is 13.8 Å². The zero-order chi connectivity index (χ0) is 14.1. The Bertz CT molecular complexity index is 518. The first-order chi connectivity index (χ1) is 8.20. The van der Waals surface area contributed by atoms with Crippen molar-refractivity contribution in [1.82, 2.24) is 4.57 Å². The van der Waals surface area contributed by atoms with E-state index in [9.17, 15) is 19.8 Å². The second-order valence-electron chi connectivity index (χ2n) is 5.16. The van der Waals surface area contributed by atoms with Gasteiger partial charge in [-0.15, -0.1) is 0 Å². The van der Waals surface area contributed by atoms with Gasteiger partial charge >= 0.3 is 5.97 Å². The zero-order valence-corrected chi connectivity index (χ0v) is 11.1. The third-order valence-electron chi connectivity index (χ3n) is 3.11. The average Bonchev–Trinajstić information content (AvgIpc) is 2.24. The summed E-state index contributed by atoms with van der Waals surface area (Å²) in [6.45, 7) is 6.99. The zero-order valence-electron chi connectivity index (χ0n) is 11.1. The molecule has 0 radical (unpaired) electrons. The maximum Gasteiger partial charge on any atom is 0.329 e. The van der Waals surface area contributed by atoms with Gasteiger partial charge in [0.2, 0.25) is 5.43 Å². The highest BCUT2D eigenvalue weighted by Crippen LogP contribution is 2.28. The van der Waals surface area contributed by atoms with Crippen molar-refractivity contribution in [3.8, 4) is 5.75 Å². The van der Waals surface area contributed by atoms with Gasteiger partial charge in [0.25, 0.3) is 0 Å². The molecular weight excluding hydrogens is 234 g/mol. The summed E-state index contributed by atoms with van der Waals surface area (Å²) < 4.78 is 1.45. The second-order valence-corrected chi connectivity index (χ2v) is 5.16. The largest absolute Gasteiger partial charge is 0.503 e. The minimum Gasteiger partial charge on any atom is -0.503 e. The van der Waals surface area contributed by atoms with Crippen molar-refractivity contribution in [2.24, 2.45) is 5.92 Å². The topological polar surface area (TPSA) is 79.5 Å². The average molecular weight is 253 g/mol. The lowest BCUT2D eigenvalue weighted by molar-refractivity contribution is -0.147. The van der Waals surface area contributed by atoms with Gasteiger partial charge < -0.3 is 14.8 Å². The molecule has 5 nitrogen and oxygen atoms in total. The lowest BCUT2D eigenvalue weighted by Crippen LogP contribution is -2.41. The first kappa shape index (κ1) is 14.3. The van der Waals surface area contributed by atoms with Crippen LogP contribution in [0.3, 0.4) is 0 Å². The highest BCUT2D eigenvalue weighted by Gasteiger charge is 2.36. The highest BCUT2D eigenvalue weighted by molar-refractivity contribution is 5.76. The van der Waals surface area contributed by atoms with E-state index in [2.05, 4.69) is 0 Å². The SMILES string of the molecule is Cc1c(O)c(=O)ccn1C(C)(CC(C)C)C(=O)O. The van der Waals surface area contributed by atoms with Gasteiger partial charge in [-0.25, -0.2) is 4.79 Å². The van der Waals surface area contributed by atoms with Crippen LogP contribution in [0, 0.1) is 12.8 Å². The van der Waals surface area contributed by atoms with Gasteiger partial charge in [0, 0.05) is 12.3 Å². The number of hydrogen-bond donors (Lipinski definition) is 2. The number of hydrogen-bond acceptors (Lipinski definition) is 3. The van der Waals surface area contributed by atoms with Crippen LogP contribution in [0.1, 0.15) is 32.9 Å². The summed E-state index contributed by atoms with van der Waals surface area (Å²) in [6, 6.07) is 1.18.